The van der Waals surface area contributed by atoms with E-state index in [1.165, 1.54) is 0 Å². The van der Waals surface area contributed by atoms with Gasteiger partial charge in [-0.25, -0.2) is 0 Å². The summed E-state index contributed by atoms with van der Waals surface area (Å²) < 4.78 is 2.07. The van der Waals surface area contributed by atoms with E-state index in [2.05, 4.69) is 71.3 Å². The molecule has 1 heterocycles. The summed E-state index contributed by atoms with van der Waals surface area (Å²) in [7, 11) is 0. The first-order chi connectivity index (χ1) is 12.2. The lowest BCUT2D eigenvalue weighted by Crippen LogP contribution is -1.77. The Morgan fingerprint density at radius 1 is 0.680 bits per heavy atom. The standard InChI is InChI=1S/C20H13Br2N3/c21-14-7-5-13(6-8-14)19-20(17-3-1-2-4-18(17)23-19)25-24-16-11-9-15(22)10-12-16/h1-12,23H/b25-24+. The molecule has 4 aromatic rings. The Hall–Kier alpha value is -2.24. The number of aromatic nitrogens is 1. The molecule has 0 aliphatic heterocycles. The number of H-pyrrole nitrogens is 1. The molecule has 0 bridgehead atoms. The lowest BCUT2D eigenvalue weighted by atomic mass is 10.1. The largest absolute Gasteiger partial charge is 0.353 e. The number of azo groups is 1. The zero-order valence-electron chi connectivity index (χ0n) is 13.1. The number of nitrogens with one attached hydrogen (secondary N) is 1. The van der Waals surface area contributed by atoms with Crippen LogP contribution in [0.2, 0.25) is 0 Å². The highest BCUT2D eigenvalue weighted by Gasteiger charge is 2.12. The van der Waals surface area contributed by atoms with E-state index >= 15 is 0 Å². The highest BCUT2D eigenvalue weighted by atomic mass is 79.9. The highest BCUT2D eigenvalue weighted by molar-refractivity contribution is 9.10. The van der Waals surface area contributed by atoms with Gasteiger partial charge in [0.15, 0.2) is 0 Å². The molecule has 0 radical (unpaired) electrons. The van der Waals surface area contributed by atoms with Crippen molar-refractivity contribution in [2.45, 2.75) is 0 Å². The van der Waals surface area contributed by atoms with Crippen LogP contribution in [0.4, 0.5) is 11.4 Å². The summed E-state index contributed by atoms with van der Waals surface area (Å²) in [5.41, 5.74) is 4.75. The minimum absolute atomic E-state index is 0.815. The van der Waals surface area contributed by atoms with Gasteiger partial charge in [-0.15, -0.1) is 5.11 Å². The quantitative estimate of drug-likeness (QED) is 0.307. The van der Waals surface area contributed by atoms with E-state index in [0.717, 1.165) is 42.5 Å². The number of hydrogen-bond acceptors (Lipinski definition) is 2. The molecule has 0 spiro atoms. The molecule has 0 fully saturated rings. The average molecular weight is 455 g/mol. The molecule has 122 valence electrons. The Labute approximate surface area is 162 Å². The molecule has 0 amide bonds. The van der Waals surface area contributed by atoms with Crippen LogP contribution >= 0.6 is 31.9 Å². The topological polar surface area (TPSA) is 40.5 Å². The van der Waals surface area contributed by atoms with E-state index in [4.69, 9.17) is 0 Å². The monoisotopic (exact) mass is 453 g/mol. The summed E-state index contributed by atoms with van der Waals surface area (Å²) in [5.74, 6) is 0. The van der Waals surface area contributed by atoms with Crippen LogP contribution in [0.15, 0.2) is 92.0 Å². The van der Waals surface area contributed by atoms with Crippen LogP contribution in [-0.2, 0) is 0 Å². The highest BCUT2D eigenvalue weighted by Crippen LogP contribution is 2.38. The molecule has 5 heteroatoms. The molecule has 0 aliphatic rings. The van der Waals surface area contributed by atoms with Gasteiger partial charge in [-0.3, -0.25) is 0 Å². The smallest absolute Gasteiger partial charge is 0.119 e. The van der Waals surface area contributed by atoms with E-state index in [-0.39, 0.29) is 0 Å². The summed E-state index contributed by atoms with van der Waals surface area (Å²) >= 11 is 6.92. The van der Waals surface area contributed by atoms with Crippen molar-refractivity contribution < 1.29 is 0 Å². The maximum absolute atomic E-state index is 4.56. The second-order valence-electron chi connectivity index (χ2n) is 5.58. The molecule has 1 N–H and O–H groups in total. The number of hydrogen-bond donors (Lipinski definition) is 1. The first-order valence-corrected chi connectivity index (χ1v) is 9.33. The third-order valence-corrected chi connectivity index (χ3v) is 4.96. The second-order valence-corrected chi connectivity index (χ2v) is 7.41. The van der Waals surface area contributed by atoms with E-state index in [1.807, 2.05) is 48.5 Å². The van der Waals surface area contributed by atoms with Gasteiger partial charge in [0.2, 0.25) is 0 Å². The van der Waals surface area contributed by atoms with Crippen LogP contribution in [0.3, 0.4) is 0 Å². The summed E-state index contributed by atoms with van der Waals surface area (Å²) in [4.78, 5) is 3.47. The molecule has 4 rings (SSSR count). The van der Waals surface area contributed by atoms with Crippen molar-refractivity contribution in [3.05, 3.63) is 81.7 Å². The fraction of sp³-hybridized carbons (Fsp3) is 0. The zero-order chi connectivity index (χ0) is 17.2. The van der Waals surface area contributed by atoms with Gasteiger partial charge in [0.25, 0.3) is 0 Å². The Balaban J connectivity index is 1.84. The van der Waals surface area contributed by atoms with E-state index in [1.54, 1.807) is 0 Å². The molecule has 1 aromatic heterocycles. The van der Waals surface area contributed by atoms with Gasteiger partial charge in [0.1, 0.15) is 5.69 Å². The van der Waals surface area contributed by atoms with Gasteiger partial charge < -0.3 is 4.98 Å². The fourth-order valence-corrected chi connectivity index (χ4v) is 3.20. The molecule has 0 unspecified atom stereocenters. The number of rotatable bonds is 3. The first-order valence-electron chi connectivity index (χ1n) is 7.75. The molecular weight excluding hydrogens is 442 g/mol. The zero-order valence-corrected chi connectivity index (χ0v) is 16.3. The third kappa shape index (κ3) is 3.43. The van der Waals surface area contributed by atoms with E-state index < -0.39 is 0 Å². The molecular formula is C20H13Br2N3. The van der Waals surface area contributed by atoms with Crippen molar-refractivity contribution in [3.63, 3.8) is 0 Å². The van der Waals surface area contributed by atoms with Crippen LogP contribution in [0.25, 0.3) is 22.2 Å². The number of para-hydroxylation sites is 1. The lowest BCUT2D eigenvalue weighted by Gasteiger charge is -2.01. The van der Waals surface area contributed by atoms with Crippen molar-refractivity contribution in [1.82, 2.24) is 4.98 Å². The van der Waals surface area contributed by atoms with Gasteiger partial charge in [-0.1, -0.05) is 62.2 Å². The second kappa shape index (κ2) is 6.94. The number of nitrogens with zero attached hydrogens (tertiary/aromatic N) is 2. The first kappa shape index (κ1) is 16.2. The SMILES string of the molecule is Brc1ccc(/N=N/c2c(-c3ccc(Br)cc3)[nH]c3ccccc23)cc1. The summed E-state index contributed by atoms with van der Waals surface area (Å²) in [6.07, 6.45) is 0. The fourth-order valence-electron chi connectivity index (χ4n) is 2.67. The maximum Gasteiger partial charge on any atom is 0.119 e. The Bertz CT molecular complexity index is 1050. The van der Waals surface area contributed by atoms with Gasteiger partial charge >= 0.3 is 0 Å². The van der Waals surface area contributed by atoms with Crippen LogP contribution in [0.1, 0.15) is 0 Å². The lowest BCUT2D eigenvalue weighted by molar-refractivity contribution is 1.24. The number of halogens is 2. The van der Waals surface area contributed by atoms with Crippen LogP contribution < -0.4 is 0 Å². The van der Waals surface area contributed by atoms with Gasteiger partial charge in [-0.05, 0) is 42.5 Å². The molecule has 0 aliphatic carbocycles. The number of fused-ring (bicyclic) bond motifs is 1. The molecule has 0 saturated heterocycles. The van der Waals surface area contributed by atoms with Crippen LogP contribution in [-0.4, -0.2) is 4.98 Å². The average Bonchev–Trinajstić information content (AvgIpc) is 3.00. The van der Waals surface area contributed by atoms with Crippen molar-refractivity contribution in [2.75, 3.05) is 0 Å². The van der Waals surface area contributed by atoms with Crippen molar-refractivity contribution in [3.8, 4) is 11.3 Å². The van der Waals surface area contributed by atoms with Crippen molar-refractivity contribution in [2.24, 2.45) is 10.2 Å². The summed E-state index contributed by atoms with van der Waals surface area (Å²) in [6, 6.07) is 24.1. The van der Waals surface area contributed by atoms with Crippen molar-refractivity contribution in [1.29, 1.82) is 0 Å². The summed E-state index contributed by atoms with van der Waals surface area (Å²) in [6.45, 7) is 0. The Morgan fingerprint density at radius 2 is 1.32 bits per heavy atom. The Kier molecular flexibility index (Phi) is 4.51. The van der Waals surface area contributed by atoms with E-state index in [0.29, 0.717) is 0 Å². The van der Waals surface area contributed by atoms with Crippen LogP contribution in [0.5, 0.6) is 0 Å². The Morgan fingerprint density at radius 3 is 2.04 bits per heavy atom. The molecule has 3 aromatic carbocycles. The van der Waals surface area contributed by atoms with Crippen molar-refractivity contribution >= 4 is 54.1 Å². The molecule has 0 saturated carbocycles. The van der Waals surface area contributed by atoms with Crippen LogP contribution in [0, 0.1) is 0 Å². The molecule has 25 heavy (non-hydrogen) atoms. The molecule has 3 nitrogen and oxygen atoms in total. The van der Waals surface area contributed by atoms with Gasteiger partial charge in [-0.2, -0.15) is 5.11 Å². The predicted molar refractivity (Wildman–Crippen MR) is 110 cm³/mol. The van der Waals surface area contributed by atoms with Gasteiger partial charge in [0.05, 0.1) is 11.4 Å². The summed E-state index contributed by atoms with van der Waals surface area (Å²) in [5, 5.41) is 10.0. The molecule has 0 atom stereocenters. The third-order valence-electron chi connectivity index (χ3n) is 3.90. The maximum atomic E-state index is 4.56. The predicted octanol–water partition coefficient (Wildman–Crippen LogP) is 7.78. The van der Waals surface area contributed by atoms with E-state index in [9.17, 15) is 0 Å². The number of benzene rings is 3. The minimum Gasteiger partial charge on any atom is -0.353 e. The number of aromatic amines is 1. The minimum atomic E-state index is 0.815. The van der Waals surface area contributed by atoms with Gasteiger partial charge in [0, 0.05) is 25.4 Å². The normalized spacial score (nSPS) is 11.4.